The minimum atomic E-state index is -0.0219. The number of amides is 1. The van der Waals surface area contributed by atoms with E-state index in [4.69, 9.17) is 8.83 Å². The normalized spacial score (nSPS) is 17.1. The second-order valence-electron chi connectivity index (χ2n) is 7.19. The first kappa shape index (κ1) is 17.6. The van der Waals surface area contributed by atoms with E-state index in [9.17, 15) is 4.79 Å². The van der Waals surface area contributed by atoms with Gasteiger partial charge < -0.3 is 19.1 Å². The largest absolute Gasteiger partial charge is 0.437 e. The average Bonchev–Trinajstić information content (AvgIpc) is 3.36. The zero-order valence-electron chi connectivity index (χ0n) is 15.7. The Balaban J connectivity index is 1.18. The Bertz CT molecular complexity index is 1090. The molecule has 0 aromatic carbocycles. The number of nitrogens with one attached hydrogen (secondary N) is 1. The number of rotatable bonds is 5. The highest BCUT2D eigenvalue weighted by atomic mass is 16.4. The van der Waals surface area contributed by atoms with E-state index in [-0.39, 0.29) is 18.4 Å². The molecule has 9 nitrogen and oxygen atoms in total. The molecule has 4 aromatic rings. The van der Waals surface area contributed by atoms with Gasteiger partial charge in [-0.3, -0.25) is 4.79 Å². The highest BCUT2D eigenvalue weighted by Crippen LogP contribution is 2.26. The average molecular weight is 392 g/mol. The molecule has 0 radical (unpaired) electrons. The fourth-order valence-electron chi connectivity index (χ4n) is 3.70. The number of hydrogen-bond donors (Lipinski definition) is 1. The monoisotopic (exact) mass is 392 g/mol. The molecular weight excluding hydrogens is 372 g/mol. The third-order valence-corrected chi connectivity index (χ3v) is 5.06. The number of fused-ring (bicyclic) bond motifs is 2. The molecule has 1 N–H and O–H groups in total. The third kappa shape index (κ3) is 3.75. The number of carbonyl (C=O) groups is 1. The summed E-state index contributed by atoms with van der Waals surface area (Å²) >= 11 is 0. The third-order valence-electron chi connectivity index (χ3n) is 5.06. The number of anilines is 1. The van der Waals surface area contributed by atoms with Crippen molar-refractivity contribution in [1.29, 1.82) is 0 Å². The number of pyridine rings is 2. The lowest BCUT2D eigenvalue weighted by Crippen LogP contribution is -2.38. The van der Waals surface area contributed by atoms with Crippen LogP contribution in [0.4, 0.5) is 6.01 Å². The molecule has 29 heavy (non-hydrogen) atoms. The molecule has 0 saturated carbocycles. The van der Waals surface area contributed by atoms with E-state index in [0.29, 0.717) is 40.8 Å². The minimum absolute atomic E-state index is 0.0219. The van der Waals surface area contributed by atoms with Crippen molar-refractivity contribution in [1.82, 2.24) is 25.3 Å². The quantitative estimate of drug-likeness (QED) is 0.552. The van der Waals surface area contributed by atoms with Crippen molar-refractivity contribution in [3.05, 3.63) is 42.5 Å². The molecule has 0 aliphatic carbocycles. The Morgan fingerprint density at radius 2 is 1.86 bits per heavy atom. The Morgan fingerprint density at radius 1 is 1.10 bits per heavy atom. The number of nitrogens with zero attached hydrogens (tertiary/aromatic N) is 5. The predicted octanol–water partition coefficient (Wildman–Crippen LogP) is 2.68. The molecule has 1 amide bonds. The maximum Gasteiger partial charge on any atom is 0.299 e. The number of carbonyl (C=O) groups excluding carboxylic acids is 1. The number of hydrogen-bond acceptors (Lipinski definition) is 8. The van der Waals surface area contributed by atoms with E-state index in [1.165, 1.54) is 0 Å². The highest BCUT2D eigenvalue weighted by molar-refractivity contribution is 5.76. The smallest absolute Gasteiger partial charge is 0.299 e. The zero-order valence-corrected chi connectivity index (χ0v) is 15.7. The van der Waals surface area contributed by atoms with Gasteiger partial charge in [0.1, 0.15) is 0 Å². The van der Waals surface area contributed by atoms with Crippen LogP contribution in [0.15, 0.2) is 45.5 Å². The van der Waals surface area contributed by atoms with Crippen LogP contribution in [0.1, 0.15) is 25.2 Å². The molecule has 0 spiro atoms. The van der Waals surface area contributed by atoms with E-state index in [1.807, 2.05) is 12.1 Å². The van der Waals surface area contributed by atoms with E-state index in [0.717, 1.165) is 25.9 Å². The molecule has 1 aliphatic heterocycles. The van der Waals surface area contributed by atoms with Crippen LogP contribution in [-0.4, -0.2) is 38.9 Å². The van der Waals surface area contributed by atoms with Gasteiger partial charge in [-0.05, 0) is 43.0 Å². The van der Waals surface area contributed by atoms with E-state index in [1.54, 1.807) is 24.5 Å². The minimum Gasteiger partial charge on any atom is -0.437 e. The molecular formula is C20H20N6O3. The number of oxazole rings is 2. The second kappa shape index (κ2) is 7.50. The Labute approximate surface area is 166 Å². The maximum atomic E-state index is 12.4. The SMILES string of the molecule is O=C(CC1CCCN(c2nc3ncccc3o2)C1)NCc1nc2ncccc2o1. The molecule has 9 heteroatoms. The molecule has 1 aliphatic rings. The summed E-state index contributed by atoms with van der Waals surface area (Å²) in [5, 5.41) is 2.89. The standard InChI is InChI=1S/C20H20N6O3/c27-16(23-11-17-24-18-14(28-17)5-1-7-21-18)10-13-4-3-9-26(12-13)20-25-19-15(29-20)6-2-8-22-19/h1-2,5-8,13H,3-4,9-12H2,(H,23,27). The van der Waals surface area contributed by atoms with Gasteiger partial charge >= 0.3 is 0 Å². The molecule has 5 heterocycles. The molecule has 4 aromatic heterocycles. The van der Waals surface area contributed by atoms with Crippen LogP contribution in [0.5, 0.6) is 0 Å². The highest BCUT2D eigenvalue weighted by Gasteiger charge is 2.25. The van der Waals surface area contributed by atoms with Crippen LogP contribution < -0.4 is 10.2 Å². The maximum absolute atomic E-state index is 12.4. The Morgan fingerprint density at radius 3 is 2.62 bits per heavy atom. The van der Waals surface area contributed by atoms with Gasteiger partial charge in [-0.2, -0.15) is 9.97 Å². The fraction of sp³-hybridized carbons (Fsp3) is 0.350. The summed E-state index contributed by atoms with van der Waals surface area (Å²) in [7, 11) is 0. The van der Waals surface area contributed by atoms with E-state index < -0.39 is 0 Å². The summed E-state index contributed by atoms with van der Waals surface area (Å²) in [6.07, 6.45) is 5.78. The van der Waals surface area contributed by atoms with Crippen molar-refractivity contribution in [2.75, 3.05) is 18.0 Å². The molecule has 148 valence electrons. The molecule has 1 saturated heterocycles. The molecule has 1 atom stereocenters. The van der Waals surface area contributed by atoms with Crippen LogP contribution in [-0.2, 0) is 11.3 Å². The lowest BCUT2D eigenvalue weighted by atomic mass is 9.95. The lowest BCUT2D eigenvalue weighted by Gasteiger charge is -2.31. The van der Waals surface area contributed by atoms with Crippen molar-refractivity contribution in [3.8, 4) is 0 Å². The summed E-state index contributed by atoms with van der Waals surface area (Å²) in [5.41, 5.74) is 2.45. The van der Waals surface area contributed by atoms with E-state index in [2.05, 4.69) is 30.2 Å². The van der Waals surface area contributed by atoms with Gasteiger partial charge in [-0.25, -0.2) is 9.97 Å². The summed E-state index contributed by atoms with van der Waals surface area (Å²) < 4.78 is 11.4. The molecule has 1 unspecified atom stereocenters. The summed E-state index contributed by atoms with van der Waals surface area (Å²) in [5.74, 6) is 0.666. The van der Waals surface area contributed by atoms with Crippen molar-refractivity contribution in [2.45, 2.75) is 25.8 Å². The summed E-state index contributed by atoms with van der Waals surface area (Å²) in [6, 6.07) is 7.85. The Hall–Kier alpha value is -3.49. The topological polar surface area (TPSA) is 110 Å². The van der Waals surface area contributed by atoms with Crippen molar-refractivity contribution < 1.29 is 13.6 Å². The number of piperidine rings is 1. The van der Waals surface area contributed by atoms with Crippen LogP contribution in [0.3, 0.4) is 0 Å². The summed E-state index contributed by atoms with van der Waals surface area (Å²) in [6.45, 7) is 1.84. The van der Waals surface area contributed by atoms with Gasteiger partial charge in [0.15, 0.2) is 16.8 Å². The molecule has 1 fully saturated rings. The first-order valence-electron chi connectivity index (χ1n) is 9.68. The van der Waals surface area contributed by atoms with Gasteiger partial charge in [-0.1, -0.05) is 0 Å². The first-order chi connectivity index (χ1) is 14.2. The van der Waals surface area contributed by atoms with Crippen molar-refractivity contribution in [3.63, 3.8) is 0 Å². The van der Waals surface area contributed by atoms with Gasteiger partial charge in [0.25, 0.3) is 6.01 Å². The summed E-state index contributed by atoms with van der Waals surface area (Å²) in [4.78, 5) is 31.6. The van der Waals surface area contributed by atoms with Gasteiger partial charge in [0.05, 0.1) is 6.54 Å². The lowest BCUT2D eigenvalue weighted by molar-refractivity contribution is -0.122. The van der Waals surface area contributed by atoms with Crippen LogP contribution in [0.25, 0.3) is 22.5 Å². The van der Waals surface area contributed by atoms with Crippen LogP contribution >= 0.6 is 0 Å². The van der Waals surface area contributed by atoms with Crippen LogP contribution in [0, 0.1) is 5.92 Å². The van der Waals surface area contributed by atoms with E-state index >= 15 is 0 Å². The van der Waals surface area contributed by atoms with Gasteiger partial charge in [0.2, 0.25) is 17.4 Å². The van der Waals surface area contributed by atoms with Gasteiger partial charge in [0, 0.05) is 31.9 Å². The second-order valence-corrected chi connectivity index (χ2v) is 7.19. The predicted molar refractivity (Wildman–Crippen MR) is 105 cm³/mol. The Kier molecular flexibility index (Phi) is 4.55. The van der Waals surface area contributed by atoms with Gasteiger partial charge in [-0.15, -0.1) is 0 Å². The molecule has 0 bridgehead atoms. The van der Waals surface area contributed by atoms with Crippen molar-refractivity contribution >= 4 is 34.4 Å². The molecule has 5 rings (SSSR count). The van der Waals surface area contributed by atoms with Crippen LogP contribution in [0.2, 0.25) is 0 Å². The first-order valence-corrected chi connectivity index (χ1v) is 9.68. The fourth-order valence-corrected chi connectivity index (χ4v) is 3.70. The number of aromatic nitrogens is 4. The zero-order chi connectivity index (χ0) is 19.6. The van der Waals surface area contributed by atoms with Crippen molar-refractivity contribution in [2.24, 2.45) is 5.92 Å².